The number of carbonyl (C=O) groups excluding carboxylic acids is 1. The number of hydrogen-bond acceptors (Lipinski definition) is 3. The number of aryl methyl sites for hydroxylation is 1. The molecule has 0 aromatic heterocycles. The van der Waals surface area contributed by atoms with E-state index in [0.717, 1.165) is 29.9 Å². The fourth-order valence-electron chi connectivity index (χ4n) is 3.57. The minimum atomic E-state index is 0.0694. The fourth-order valence-corrected chi connectivity index (χ4v) is 3.57. The molecule has 3 aliphatic heterocycles. The van der Waals surface area contributed by atoms with Gasteiger partial charge >= 0.3 is 0 Å². The van der Waals surface area contributed by atoms with Gasteiger partial charge in [-0.3, -0.25) is 4.79 Å². The molecule has 114 valence electrons. The van der Waals surface area contributed by atoms with Crippen LogP contribution >= 0.6 is 0 Å². The van der Waals surface area contributed by atoms with Crippen LogP contribution in [0.1, 0.15) is 35.7 Å². The molecule has 1 unspecified atom stereocenters. The first-order valence-electron chi connectivity index (χ1n) is 8.05. The molecule has 1 amide bonds. The topological polar surface area (TPSA) is 44.4 Å². The highest BCUT2D eigenvalue weighted by atomic mass is 16.1. The van der Waals surface area contributed by atoms with Gasteiger partial charge in [-0.1, -0.05) is 0 Å². The van der Waals surface area contributed by atoms with E-state index in [1.54, 1.807) is 0 Å². The summed E-state index contributed by atoms with van der Waals surface area (Å²) in [6.07, 6.45) is 2.45. The van der Waals surface area contributed by atoms with Crippen molar-refractivity contribution in [2.24, 2.45) is 5.92 Å². The van der Waals surface area contributed by atoms with Crippen LogP contribution in [0.25, 0.3) is 0 Å². The average Bonchev–Trinajstić information content (AvgIpc) is 2.50. The zero-order chi connectivity index (χ0) is 14.8. The van der Waals surface area contributed by atoms with Crippen molar-refractivity contribution < 1.29 is 4.79 Å². The van der Waals surface area contributed by atoms with Gasteiger partial charge in [0, 0.05) is 30.4 Å². The fraction of sp³-hybridized carbons (Fsp3) is 0.588. The summed E-state index contributed by atoms with van der Waals surface area (Å²) in [7, 11) is 0. The minimum Gasteiger partial charge on any atom is -0.385 e. The second-order valence-corrected chi connectivity index (χ2v) is 6.28. The largest absolute Gasteiger partial charge is 0.385 e. The predicted molar refractivity (Wildman–Crippen MR) is 85.8 cm³/mol. The van der Waals surface area contributed by atoms with Gasteiger partial charge in [0.05, 0.1) is 0 Å². The molecule has 1 aromatic carbocycles. The first-order chi connectivity index (χ1) is 10.2. The molecular formula is C17H25N3O. The Labute approximate surface area is 126 Å². The van der Waals surface area contributed by atoms with Gasteiger partial charge in [0.1, 0.15) is 0 Å². The Bertz CT molecular complexity index is 521. The summed E-state index contributed by atoms with van der Waals surface area (Å²) in [5.74, 6) is 0.737. The Morgan fingerprint density at radius 1 is 1.33 bits per heavy atom. The molecular weight excluding hydrogens is 262 g/mol. The number of amides is 1. The van der Waals surface area contributed by atoms with E-state index in [-0.39, 0.29) is 5.91 Å². The number of anilines is 1. The highest BCUT2D eigenvalue weighted by molar-refractivity contribution is 5.95. The van der Waals surface area contributed by atoms with Gasteiger partial charge in [0.25, 0.3) is 5.91 Å². The van der Waals surface area contributed by atoms with E-state index in [1.807, 2.05) is 25.1 Å². The van der Waals surface area contributed by atoms with Crippen LogP contribution in [0.4, 0.5) is 5.69 Å². The molecule has 0 saturated carbocycles. The summed E-state index contributed by atoms with van der Waals surface area (Å²) >= 11 is 0. The molecule has 3 fully saturated rings. The lowest BCUT2D eigenvalue weighted by atomic mass is 9.84. The number of piperidine rings is 3. The number of rotatable bonds is 4. The predicted octanol–water partition coefficient (Wildman–Crippen LogP) is 2.25. The zero-order valence-electron chi connectivity index (χ0n) is 13.0. The highest BCUT2D eigenvalue weighted by Crippen LogP contribution is 2.27. The van der Waals surface area contributed by atoms with Gasteiger partial charge in [-0.15, -0.1) is 0 Å². The number of benzene rings is 1. The Morgan fingerprint density at radius 2 is 2.10 bits per heavy atom. The quantitative estimate of drug-likeness (QED) is 0.893. The lowest BCUT2D eigenvalue weighted by molar-refractivity contribution is 0.0620. The average molecular weight is 287 g/mol. The molecule has 4 nitrogen and oxygen atoms in total. The molecule has 0 spiro atoms. The maximum Gasteiger partial charge on any atom is 0.251 e. The Hall–Kier alpha value is -1.55. The third kappa shape index (κ3) is 3.05. The number of carbonyl (C=O) groups is 1. The number of nitrogens with one attached hydrogen (secondary N) is 2. The van der Waals surface area contributed by atoms with Gasteiger partial charge in [-0.05, 0) is 69.5 Å². The highest BCUT2D eigenvalue weighted by Gasteiger charge is 2.34. The molecule has 0 radical (unpaired) electrons. The standard InChI is InChI=1S/C17H25N3O/c1-3-18-15-5-4-14(10-12(15)2)17(21)19-16-11-20-8-6-13(16)7-9-20/h4-5,10,13,16,18H,3,6-9,11H2,1-2H3,(H,19,21). The first kappa shape index (κ1) is 14.4. The second-order valence-electron chi connectivity index (χ2n) is 6.28. The summed E-state index contributed by atoms with van der Waals surface area (Å²) < 4.78 is 0. The Balaban J connectivity index is 1.66. The van der Waals surface area contributed by atoms with Crippen LogP contribution in [-0.4, -0.2) is 43.0 Å². The maximum atomic E-state index is 12.5. The number of nitrogens with zero attached hydrogens (tertiary/aromatic N) is 1. The van der Waals surface area contributed by atoms with Crippen LogP contribution < -0.4 is 10.6 Å². The number of fused-ring (bicyclic) bond motifs is 3. The third-order valence-corrected chi connectivity index (χ3v) is 4.83. The molecule has 1 atom stereocenters. The van der Waals surface area contributed by atoms with Gasteiger partial charge in [-0.25, -0.2) is 0 Å². The van der Waals surface area contributed by atoms with Crippen molar-refractivity contribution in [2.75, 3.05) is 31.5 Å². The molecule has 2 N–H and O–H groups in total. The number of hydrogen-bond donors (Lipinski definition) is 2. The van der Waals surface area contributed by atoms with Crippen LogP contribution in [0.2, 0.25) is 0 Å². The lowest BCUT2D eigenvalue weighted by Crippen LogP contribution is -2.57. The van der Waals surface area contributed by atoms with Crippen molar-refractivity contribution in [1.29, 1.82) is 0 Å². The lowest BCUT2D eigenvalue weighted by Gasteiger charge is -2.44. The van der Waals surface area contributed by atoms with Crippen LogP contribution in [0, 0.1) is 12.8 Å². The molecule has 3 aliphatic rings. The first-order valence-corrected chi connectivity index (χ1v) is 8.05. The SMILES string of the molecule is CCNc1ccc(C(=O)NC2CN3CCC2CC3)cc1C. The smallest absolute Gasteiger partial charge is 0.251 e. The molecule has 4 heteroatoms. The third-order valence-electron chi connectivity index (χ3n) is 4.83. The van der Waals surface area contributed by atoms with Gasteiger partial charge in [0.2, 0.25) is 0 Å². The molecule has 0 aliphatic carbocycles. The van der Waals surface area contributed by atoms with Crippen LogP contribution in [0.3, 0.4) is 0 Å². The molecule has 1 aromatic rings. The van der Waals surface area contributed by atoms with Crippen molar-refractivity contribution in [3.63, 3.8) is 0 Å². The van der Waals surface area contributed by atoms with Crippen molar-refractivity contribution in [1.82, 2.24) is 10.2 Å². The van der Waals surface area contributed by atoms with Gasteiger partial charge < -0.3 is 15.5 Å². The van der Waals surface area contributed by atoms with E-state index in [0.29, 0.717) is 12.0 Å². The molecule has 3 saturated heterocycles. The molecule has 21 heavy (non-hydrogen) atoms. The van der Waals surface area contributed by atoms with Gasteiger partial charge in [0.15, 0.2) is 0 Å². The van der Waals surface area contributed by atoms with Crippen LogP contribution in [0.15, 0.2) is 18.2 Å². The van der Waals surface area contributed by atoms with Gasteiger partial charge in [-0.2, -0.15) is 0 Å². The van der Waals surface area contributed by atoms with E-state index in [4.69, 9.17) is 0 Å². The maximum absolute atomic E-state index is 12.5. The van der Waals surface area contributed by atoms with Crippen molar-refractivity contribution in [3.8, 4) is 0 Å². The van der Waals surface area contributed by atoms with E-state index < -0.39 is 0 Å². The van der Waals surface area contributed by atoms with Crippen LogP contribution in [-0.2, 0) is 0 Å². The van der Waals surface area contributed by atoms with Crippen molar-refractivity contribution in [3.05, 3.63) is 29.3 Å². The van der Waals surface area contributed by atoms with Crippen molar-refractivity contribution >= 4 is 11.6 Å². The zero-order valence-corrected chi connectivity index (χ0v) is 13.0. The summed E-state index contributed by atoms with van der Waals surface area (Å²) in [6.45, 7) is 8.44. The van der Waals surface area contributed by atoms with Crippen LogP contribution in [0.5, 0.6) is 0 Å². The molecule has 4 rings (SSSR count). The summed E-state index contributed by atoms with van der Waals surface area (Å²) in [4.78, 5) is 14.9. The Morgan fingerprint density at radius 3 is 2.67 bits per heavy atom. The molecule has 3 heterocycles. The minimum absolute atomic E-state index is 0.0694. The molecule has 2 bridgehead atoms. The summed E-state index contributed by atoms with van der Waals surface area (Å²) in [5, 5.41) is 6.55. The van der Waals surface area contributed by atoms with E-state index in [1.165, 1.54) is 25.9 Å². The summed E-state index contributed by atoms with van der Waals surface area (Å²) in [5.41, 5.74) is 3.00. The van der Waals surface area contributed by atoms with E-state index in [9.17, 15) is 4.79 Å². The second kappa shape index (κ2) is 6.06. The monoisotopic (exact) mass is 287 g/mol. The van der Waals surface area contributed by atoms with Crippen molar-refractivity contribution in [2.45, 2.75) is 32.7 Å². The normalized spacial score (nSPS) is 27.4. The van der Waals surface area contributed by atoms with E-state index in [2.05, 4.69) is 22.5 Å². The Kier molecular flexibility index (Phi) is 4.15. The van der Waals surface area contributed by atoms with E-state index >= 15 is 0 Å². The summed E-state index contributed by atoms with van der Waals surface area (Å²) in [6, 6.07) is 6.23.